The highest BCUT2D eigenvalue weighted by molar-refractivity contribution is 14.0. The van der Waals surface area contributed by atoms with Crippen LogP contribution in [0, 0.1) is 12.7 Å². The highest BCUT2D eigenvalue weighted by atomic mass is 127. The number of aryl methyl sites for hydroxylation is 1. The molecule has 0 aromatic heterocycles. The quantitative estimate of drug-likeness (QED) is 0.339. The third kappa shape index (κ3) is 6.65. The van der Waals surface area contributed by atoms with E-state index < -0.39 is 0 Å². The number of ether oxygens (including phenoxy) is 1. The predicted octanol–water partition coefficient (Wildman–Crippen LogP) is 4.05. The Kier molecular flexibility index (Phi) is 10.0. The first-order valence-electron chi connectivity index (χ1n) is 10.2. The number of hydrogen-bond donors (Lipinski definition) is 2. The largest absolute Gasteiger partial charge is 0.379 e. The van der Waals surface area contributed by atoms with E-state index in [1.54, 1.807) is 20.0 Å². The number of benzene rings is 2. The molecule has 30 heavy (non-hydrogen) atoms. The second kappa shape index (κ2) is 12.2. The Morgan fingerprint density at radius 3 is 2.47 bits per heavy atom. The van der Waals surface area contributed by atoms with Gasteiger partial charge in [0.2, 0.25) is 0 Å². The molecule has 1 heterocycles. The van der Waals surface area contributed by atoms with Crippen LogP contribution in [-0.2, 0) is 4.74 Å². The lowest BCUT2D eigenvalue weighted by atomic mass is 10.0. The third-order valence-corrected chi connectivity index (χ3v) is 5.41. The second-order valence-corrected chi connectivity index (χ2v) is 7.40. The summed E-state index contributed by atoms with van der Waals surface area (Å²) in [5.74, 6) is 0.517. The molecule has 0 saturated carbocycles. The minimum Gasteiger partial charge on any atom is -0.379 e. The first kappa shape index (κ1) is 24.6. The highest BCUT2D eigenvalue weighted by Gasteiger charge is 2.23. The lowest BCUT2D eigenvalue weighted by molar-refractivity contribution is 0.0170. The van der Waals surface area contributed by atoms with E-state index in [4.69, 9.17) is 4.74 Å². The normalized spacial score (nSPS) is 17.0. The minimum absolute atomic E-state index is 0. The zero-order chi connectivity index (χ0) is 20.6. The molecule has 2 aromatic carbocycles. The Labute approximate surface area is 196 Å². The summed E-state index contributed by atoms with van der Waals surface area (Å²) >= 11 is 0. The number of morpholine rings is 1. The van der Waals surface area contributed by atoms with E-state index in [9.17, 15) is 4.39 Å². The number of nitrogens with zero attached hydrogens (tertiary/aromatic N) is 2. The van der Waals surface area contributed by atoms with Crippen LogP contribution in [0.2, 0.25) is 0 Å². The summed E-state index contributed by atoms with van der Waals surface area (Å²) in [5, 5.41) is 6.82. The van der Waals surface area contributed by atoms with Crippen LogP contribution in [0.25, 0.3) is 0 Å². The van der Waals surface area contributed by atoms with Crippen molar-refractivity contribution in [2.75, 3.05) is 39.9 Å². The number of nitrogens with one attached hydrogen (secondary N) is 2. The van der Waals surface area contributed by atoms with Crippen molar-refractivity contribution < 1.29 is 9.13 Å². The maximum atomic E-state index is 13.9. The van der Waals surface area contributed by atoms with Gasteiger partial charge in [0.25, 0.3) is 0 Å². The summed E-state index contributed by atoms with van der Waals surface area (Å²) in [6.45, 7) is 7.83. The molecule has 1 aliphatic rings. The van der Waals surface area contributed by atoms with E-state index in [0.717, 1.165) is 38.4 Å². The zero-order valence-corrected chi connectivity index (χ0v) is 20.2. The fourth-order valence-electron chi connectivity index (χ4n) is 3.58. The Bertz CT molecular complexity index is 812. The SMILES string of the molecule is CN=C(NCC(c1ccccc1)N1CCOCC1)NC(C)c1ccc(C)c(F)c1.I. The minimum atomic E-state index is -0.185. The highest BCUT2D eigenvalue weighted by Crippen LogP contribution is 2.21. The summed E-state index contributed by atoms with van der Waals surface area (Å²) in [7, 11) is 1.75. The molecule has 1 aliphatic heterocycles. The van der Waals surface area contributed by atoms with Gasteiger partial charge < -0.3 is 15.4 Å². The topological polar surface area (TPSA) is 48.9 Å². The molecule has 5 nitrogen and oxygen atoms in total. The molecular formula is C23H32FIN4O. The first-order valence-corrected chi connectivity index (χ1v) is 10.2. The van der Waals surface area contributed by atoms with Crippen LogP contribution >= 0.6 is 24.0 Å². The molecule has 0 spiro atoms. The molecule has 1 saturated heterocycles. The lowest BCUT2D eigenvalue weighted by Gasteiger charge is -2.35. The van der Waals surface area contributed by atoms with Crippen LogP contribution in [0.1, 0.15) is 35.7 Å². The van der Waals surface area contributed by atoms with Gasteiger partial charge in [0.05, 0.1) is 25.3 Å². The average Bonchev–Trinajstić information content (AvgIpc) is 2.76. The smallest absolute Gasteiger partial charge is 0.191 e. The molecule has 0 bridgehead atoms. The van der Waals surface area contributed by atoms with Gasteiger partial charge >= 0.3 is 0 Å². The molecule has 164 valence electrons. The molecule has 7 heteroatoms. The summed E-state index contributed by atoms with van der Waals surface area (Å²) in [4.78, 5) is 6.80. The monoisotopic (exact) mass is 526 g/mol. The lowest BCUT2D eigenvalue weighted by Crippen LogP contribution is -2.46. The van der Waals surface area contributed by atoms with Gasteiger partial charge in [-0.1, -0.05) is 42.5 Å². The molecule has 2 aromatic rings. The van der Waals surface area contributed by atoms with Crippen molar-refractivity contribution in [3.8, 4) is 0 Å². The van der Waals surface area contributed by atoms with Gasteiger partial charge in [0.15, 0.2) is 5.96 Å². The number of rotatable bonds is 6. The predicted molar refractivity (Wildman–Crippen MR) is 131 cm³/mol. The van der Waals surface area contributed by atoms with Gasteiger partial charge in [-0.3, -0.25) is 9.89 Å². The molecule has 0 radical (unpaired) electrons. The van der Waals surface area contributed by atoms with E-state index >= 15 is 0 Å². The van der Waals surface area contributed by atoms with Crippen LogP contribution in [0.3, 0.4) is 0 Å². The Morgan fingerprint density at radius 2 is 1.83 bits per heavy atom. The molecule has 2 N–H and O–H groups in total. The van der Waals surface area contributed by atoms with E-state index in [1.165, 1.54) is 5.56 Å². The molecular weight excluding hydrogens is 494 g/mol. The molecule has 3 rings (SSSR count). The summed E-state index contributed by atoms with van der Waals surface area (Å²) in [5.41, 5.74) is 2.81. The van der Waals surface area contributed by atoms with Crippen molar-refractivity contribution in [1.82, 2.24) is 15.5 Å². The van der Waals surface area contributed by atoms with Gasteiger partial charge in [0.1, 0.15) is 5.82 Å². The fourth-order valence-corrected chi connectivity index (χ4v) is 3.58. The Balaban J connectivity index is 0.00000320. The number of halogens is 2. The maximum Gasteiger partial charge on any atom is 0.191 e. The van der Waals surface area contributed by atoms with Crippen LogP contribution < -0.4 is 10.6 Å². The molecule has 0 amide bonds. The van der Waals surface area contributed by atoms with E-state index in [1.807, 2.05) is 25.1 Å². The van der Waals surface area contributed by atoms with Crippen LogP contribution in [0.4, 0.5) is 4.39 Å². The van der Waals surface area contributed by atoms with Gasteiger partial charge in [-0.15, -0.1) is 24.0 Å². The second-order valence-electron chi connectivity index (χ2n) is 7.40. The van der Waals surface area contributed by atoms with E-state index in [2.05, 4.69) is 44.8 Å². The number of hydrogen-bond acceptors (Lipinski definition) is 3. The van der Waals surface area contributed by atoms with Crippen LogP contribution in [0.15, 0.2) is 53.5 Å². The Morgan fingerprint density at radius 1 is 1.13 bits per heavy atom. The summed E-state index contributed by atoms with van der Waals surface area (Å²) in [6.07, 6.45) is 0. The van der Waals surface area contributed by atoms with Crippen molar-refractivity contribution in [3.63, 3.8) is 0 Å². The number of guanidine groups is 1. The zero-order valence-electron chi connectivity index (χ0n) is 17.9. The van der Waals surface area contributed by atoms with Crippen molar-refractivity contribution in [3.05, 3.63) is 71.0 Å². The average molecular weight is 526 g/mol. The summed E-state index contributed by atoms with van der Waals surface area (Å²) in [6, 6.07) is 16.0. The van der Waals surface area contributed by atoms with Gasteiger partial charge in [-0.2, -0.15) is 0 Å². The van der Waals surface area contributed by atoms with Gasteiger partial charge in [-0.05, 0) is 36.6 Å². The molecule has 1 fully saturated rings. The number of aliphatic imine (C=N–C) groups is 1. The van der Waals surface area contributed by atoms with Crippen molar-refractivity contribution in [2.24, 2.45) is 4.99 Å². The van der Waals surface area contributed by atoms with Crippen LogP contribution in [0.5, 0.6) is 0 Å². The molecule has 2 atom stereocenters. The third-order valence-electron chi connectivity index (χ3n) is 5.41. The van der Waals surface area contributed by atoms with Crippen molar-refractivity contribution in [1.29, 1.82) is 0 Å². The summed E-state index contributed by atoms with van der Waals surface area (Å²) < 4.78 is 19.4. The van der Waals surface area contributed by atoms with Gasteiger partial charge in [-0.25, -0.2) is 4.39 Å². The van der Waals surface area contributed by atoms with Crippen molar-refractivity contribution >= 4 is 29.9 Å². The first-order chi connectivity index (χ1) is 14.1. The van der Waals surface area contributed by atoms with E-state index in [0.29, 0.717) is 11.5 Å². The van der Waals surface area contributed by atoms with Crippen molar-refractivity contribution in [2.45, 2.75) is 25.9 Å². The van der Waals surface area contributed by atoms with Gasteiger partial charge in [0, 0.05) is 26.7 Å². The standard InChI is InChI=1S/C23H31FN4O.HI/c1-17-9-10-20(15-21(17)24)18(2)27-23(25-3)26-16-22(19-7-5-4-6-8-19)28-11-13-29-14-12-28;/h4-10,15,18,22H,11-14,16H2,1-3H3,(H2,25,26,27);1H. The maximum absolute atomic E-state index is 13.9. The van der Waals surface area contributed by atoms with E-state index in [-0.39, 0.29) is 41.9 Å². The Hall–Kier alpha value is -1.71. The fraction of sp³-hybridized carbons (Fsp3) is 0.435. The molecule has 2 unspecified atom stereocenters. The van der Waals surface area contributed by atoms with Crippen LogP contribution in [-0.4, -0.2) is 50.8 Å². The molecule has 0 aliphatic carbocycles.